The Morgan fingerprint density at radius 3 is 2.32 bits per heavy atom. The van der Waals surface area contributed by atoms with E-state index in [0.717, 1.165) is 5.69 Å². The van der Waals surface area contributed by atoms with Crippen LogP contribution in [0.15, 0.2) is 54.6 Å². The minimum absolute atomic E-state index is 0.0564. The van der Waals surface area contributed by atoms with Gasteiger partial charge in [-0.25, -0.2) is 14.6 Å². The number of amides is 3. The average Bonchev–Trinajstić information content (AvgIpc) is 2.64. The van der Waals surface area contributed by atoms with Gasteiger partial charge in [0.05, 0.1) is 0 Å². The third kappa shape index (κ3) is 5.49. The number of hydrogen-bond acceptors (Lipinski definition) is 3. The Morgan fingerprint density at radius 2 is 1.68 bits per heavy atom. The average molecular weight is 344 g/mol. The number of para-hydroxylation sites is 1. The highest BCUT2D eigenvalue weighted by molar-refractivity contribution is 5.95. The van der Waals surface area contributed by atoms with Crippen molar-refractivity contribution >= 4 is 17.6 Å². The van der Waals surface area contributed by atoms with Crippen LogP contribution in [0.2, 0.25) is 0 Å². The molecular formula is C18H21FN4O2. The van der Waals surface area contributed by atoms with Gasteiger partial charge in [0.25, 0.3) is 5.91 Å². The molecule has 1 atom stereocenters. The number of anilines is 1. The lowest BCUT2D eigenvalue weighted by molar-refractivity contribution is 0.0936. The lowest BCUT2D eigenvalue weighted by atomic mass is 10.2. The molecule has 2 aromatic carbocycles. The van der Waals surface area contributed by atoms with E-state index in [1.807, 2.05) is 49.2 Å². The van der Waals surface area contributed by atoms with Crippen LogP contribution >= 0.6 is 0 Å². The van der Waals surface area contributed by atoms with E-state index in [0.29, 0.717) is 6.54 Å². The van der Waals surface area contributed by atoms with Crippen LogP contribution in [0.25, 0.3) is 0 Å². The van der Waals surface area contributed by atoms with Gasteiger partial charge >= 0.3 is 6.03 Å². The van der Waals surface area contributed by atoms with Crippen molar-refractivity contribution in [3.05, 3.63) is 66.0 Å². The van der Waals surface area contributed by atoms with Crippen LogP contribution in [-0.2, 0) is 0 Å². The number of rotatable bonds is 5. The van der Waals surface area contributed by atoms with Crippen molar-refractivity contribution in [2.24, 2.45) is 0 Å². The molecule has 0 radical (unpaired) electrons. The Bertz CT molecular complexity index is 707. The summed E-state index contributed by atoms with van der Waals surface area (Å²) in [4.78, 5) is 25.6. The first-order chi connectivity index (χ1) is 12.0. The molecule has 7 heteroatoms. The van der Waals surface area contributed by atoms with Crippen LogP contribution in [0.1, 0.15) is 17.3 Å². The predicted octanol–water partition coefficient (Wildman–Crippen LogP) is 2.29. The van der Waals surface area contributed by atoms with Gasteiger partial charge < -0.3 is 10.2 Å². The lowest BCUT2D eigenvalue weighted by Crippen LogP contribution is -2.50. The molecule has 0 spiro atoms. The van der Waals surface area contributed by atoms with Crippen molar-refractivity contribution in [1.82, 2.24) is 16.2 Å². The summed E-state index contributed by atoms with van der Waals surface area (Å²) in [5, 5.41) is 2.68. The number of carbonyl (C=O) groups excluding carboxylic acids is 2. The number of hydrogen-bond donors (Lipinski definition) is 3. The fraction of sp³-hybridized carbons (Fsp3) is 0.222. The molecule has 0 saturated heterocycles. The fourth-order valence-corrected chi connectivity index (χ4v) is 2.13. The largest absolute Gasteiger partial charge is 0.370 e. The van der Waals surface area contributed by atoms with Gasteiger partial charge in [-0.2, -0.15) is 0 Å². The fourth-order valence-electron chi connectivity index (χ4n) is 2.13. The van der Waals surface area contributed by atoms with Crippen LogP contribution in [0.5, 0.6) is 0 Å². The summed E-state index contributed by atoms with van der Waals surface area (Å²) in [5.74, 6) is -0.955. The first-order valence-corrected chi connectivity index (χ1v) is 7.85. The zero-order valence-electron chi connectivity index (χ0n) is 14.1. The van der Waals surface area contributed by atoms with Gasteiger partial charge in [-0.1, -0.05) is 18.2 Å². The lowest BCUT2D eigenvalue weighted by Gasteiger charge is -2.27. The highest BCUT2D eigenvalue weighted by Crippen LogP contribution is 2.13. The summed E-state index contributed by atoms with van der Waals surface area (Å²) in [6, 6.07) is 14.4. The van der Waals surface area contributed by atoms with E-state index in [2.05, 4.69) is 16.2 Å². The highest BCUT2D eigenvalue weighted by Gasteiger charge is 2.12. The molecular weight excluding hydrogens is 323 g/mol. The van der Waals surface area contributed by atoms with E-state index in [9.17, 15) is 14.0 Å². The molecule has 2 aromatic rings. The Labute approximate surface area is 146 Å². The predicted molar refractivity (Wildman–Crippen MR) is 94.7 cm³/mol. The molecule has 0 aromatic heterocycles. The molecule has 25 heavy (non-hydrogen) atoms. The Hall–Kier alpha value is -3.09. The maximum absolute atomic E-state index is 12.8. The van der Waals surface area contributed by atoms with Crippen LogP contribution < -0.4 is 21.1 Å². The molecule has 6 nitrogen and oxygen atoms in total. The quantitative estimate of drug-likeness (QED) is 0.729. The zero-order chi connectivity index (χ0) is 18.2. The van der Waals surface area contributed by atoms with Gasteiger partial charge in [-0.05, 0) is 43.3 Å². The maximum Gasteiger partial charge on any atom is 0.333 e. The summed E-state index contributed by atoms with van der Waals surface area (Å²) >= 11 is 0. The van der Waals surface area contributed by atoms with E-state index >= 15 is 0 Å². The van der Waals surface area contributed by atoms with Crippen LogP contribution in [0.4, 0.5) is 14.9 Å². The van der Waals surface area contributed by atoms with E-state index in [1.54, 1.807) is 0 Å². The van der Waals surface area contributed by atoms with E-state index in [4.69, 9.17) is 0 Å². The van der Waals surface area contributed by atoms with E-state index in [-0.39, 0.29) is 11.6 Å². The summed E-state index contributed by atoms with van der Waals surface area (Å²) in [7, 11) is 1.94. The summed E-state index contributed by atoms with van der Waals surface area (Å²) in [6.07, 6.45) is 0. The van der Waals surface area contributed by atoms with Crippen LogP contribution in [-0.4, -0.2) is 31.6 Å². The number of hydrazine groups is 1. The molecule has 1 unspecified atom stereocenters. The molecule has 0 aliphatic heterocycles. The van der Waals surface area contributed by atoms with Crippen molar-refractivity contribution in [2.45, 2.75) is 13.0 Å². The Balaban J connectivity index is 1.75. The van der Waals surface area contributed by atoms with Crippen molar-refractivity contribution in [3.63, 3.8) is 0 Å². The van der Waals surface area contributed by atoms with Gasteiger partial charge in [0.1, 0.15) is 5.82 Å². The smallest absolute Gasteiger partial charge is 0.333 e. The molecule has 0 fully saturated rings. The number of nitrogens with one attached hydrogen (secondary N) is 3. The summed E-state index contributed by atoms with van der Waals surface area (Å²) in [5.41, 5.74) is 5.83. The number of halogens is 1. The number of carbonyl (C=O) groups is 2. The molecule has 3 N–H and O–H groups in total. The molecule has 0 saturated carbocycles. The van der Waals surface area contributed by atoms with Crippen molar-refractivity contribution in [3.8, 4) is 0 Å². The second-order valence-corrected chi connectivity index (χ2v) is 5.59. The minimum atomic E-state index is -0.524. The van der Waals surface area contributed by atoms with Gasteiger partial charge in [-0.3, -0.25) is 10.2 Å². The molecule has 3 amide bonds. The van der Waals surface area contributed by atoms with Crippen molar-refractivity contribution < 1.29 is 14.0 Å². The minimum Gasteiger partial charge on any atom is -0.370 e. The molecule has 2 rings (SSSR count). The molecule has 0 bridgehead atoms. The molecule has 0 aliphatic rings. The number of nitrogens with zero attached hydrogens (tertiary/aromatic N) is 1. The monoisotopic (exact) mass is 344 g/mol. The Morgan fingerprint density at radius 1 is 1.04 bits per heavy atom. The van der Waals surface area contributed by atoms with Crippen LogP contribution in [0.3, 0.4) is 0 Å². The SMILES string of the molecule is CC(CNC(=O)NNC(=O)c1ccc(F)cc1)N(C)c1ccccc1. The topological polar surface area (TPSA) is 73.5 Å². The zero-order valence-corrected chi connectivity index (χ0v) is 14.1. The first-order valence-electron chi connectivity index (χ1n) is 7.85. The third-order valence-corrected chi connectivity index (χ3v) is 3.78. The Kier molecular flexibility index (Phi) is 6.33. The van der Waals surface area contributed by atoms with Gasteiger partial charge in [-0.15, -0.1) is 0 Å². The number of urea groups is 1. The summed E-state index contributed by atoms with van der Waals surface area (Å²) < 4.78 is 12.8. The first kappa shape index (κ1) is 18.3. The van der Waals surface area contributed by atoms with Crippen molar-refractivity contribution in [2.75, 3.05) is 18.5 Å². The molecule has 0 aliphatic carbocycles. The van der Waals surface area contributed by atoms with Crippen LogP contribution in [0, 0.1) is 5.82 Å². The normalized spacial score (nSPS) is 11.3. The van der Waals surface area contributed by atoms with E-state index in [1.165, 1.54) is 24.3 Å². The second-order valence-electron chi connectivity index (χ2n) is 5.59. The second kappa shape index (κ2) is 8.68. The third-order valence-electron chi connectivity index (χ3n) is 3.78. The van der Waals surface area contributed by atoms with E-state index < -0.39 is 17.8 Å². The standard InChI is InChI=1S/C18H21FN4O2/c1-13(23(2)16-6-4-3-5-7-16)12-20-18(25)22-21-17(24)14-8-10-15(19)11-9-14/h3-11,13H,12H2,1-2H3,(H,21,24)(H2,20,22,25). The van der Waals surface area contributed by atoms with Gasteiger partial charge in [0, 0.05) is 30.9 Å². The number of benzene rings is 2. The molecule has 0 heterocycles. The van der Waals surface area contributed by atoms with Gasteiger partial charge in [0.2, 0.25) is 0 Å². The molecule has 132 valence electrons. The maximum atomic E-state index is 12.8. The summed E-state index contributed by atoms with van der Waals surface area (Å²) in [6.45, 7) is 2.37. The highest BCUT2D eigenvalue weighted by atomic mass is 19.1. The van der Waals surface area contributed by atoms with Gasteiger partial charge in [0.15, 0.2) is 0 Å². The van der Waals surface area contributed by atoms with Crippen molar-refractivity contribution in [1.29, 1.82) is 0 Å². The number of likely N-dealkylation sites (N-methyl/N-ethyl adjacent to an activating group) is 1.